The van der Waals surface area contributed by atoms with Gasteiger partial charge in [-0.2, -0.15) is 0 Å². The highest BCUT2D eigenvalue weighted by atomic mass is 79.9. The van der Waals surface area contributed by atoms with Crippen LogP contribution in [0.4, 0.5) is 8.78 Å². The van der Waals surface area contributed by atoms with E-state index in [1.807, 2.05) is 25.1 Å². The van der Waals surface area contributed by atoms with Crippen molar-refractivity contribution in [1.82, 2.24) is 0 Å². The second-order valence-corrected chi connectivity index (χ2v) is 5.12. The molecule has 0 aliphatic heterocycles. The minimum Gasteiger partial charge on any atom is -0.320 e. The van der Waals surface area contributed by atoms with Crippen molar-refractivity contribution in [1.29, 1.82) is 0 Å². The quantitative estimate of drug-likeness (QED) is 0.888. The van der Waals surface area contributed by atoms with Gasteiger partial charge in [0.25, 0.3) is 0 Å². The van der Waals surface area contributed by atoms with Crippen molar-refractivity contribution >= 4 is 15.9 Å². The van der Waals surface area contributed by atoms with Gasteiger partial charge in [-0.15, -0.1) is 0 Å². The molecule has 0 aliphatic carbocycles. The molecule has 4 heteroatoms. The number of halogens is 3. The van der Waals surface area contributed by atoms with Gasteiger partial charge >= 0.3 is 0 Å². The Balaban J connectivity index is 2.47. The van der Waals surface area contributed by atoms with E-state index in [1.165, 1.54) is 0 Å². The lowest BCUT2D eigenvalue weighted by atomic mass is 9.98. The van der Waals surface area contributed by atoms with Gasteiger partial charge in [0.05, 0.1) is 6.04 Å². The molecule has 2 rings (SSSR count). The lowest BCUT2D eigenvalue weighted by molar-refractivity contribution is 0.576. The molecule has 1 unspecified atom stereocenters. The summed E-state index contributed by atoms with van der Waals surface area (Å²) in [5.74, 6) is -0.991. The van der Waals surface area contributed by atoms with E-state index in [9.17, 15) is 8.78 Å². The minimum absolute atomic E-state index is 0.160. The first-order chi connectivity index (χ1) is 8.47. The van der Waals surface area contributed by atoms with E-state index in [2.05, 4.69) is 15.9 Å². The molecular weight excluding hydrogens is 300 g/mol. The summed E-state index contributed by atoms with van der Waals surface area (Å²) in [6.45, 7) is 1.92. The molecule has 0 heterocycles. The number of rotatable bonds is 2. The summed E-state index contributed by atoms with van der Waals surface area (Å²) in [5, 5.41) is 0. The van der Waals surface area contributed by atoms with Gasteiger partial charge in [0, 0.05) is 10.0 Å². The van der Waals surface area contributed by atoms with Crippen LogP contribution >= 0.6 is 15.9 Å². The van der Waals surface area contributed by atoms with E-state index in [1.54, 1.807) is 0 Å². The lowest BCUT2D eigenvalue weighted by Crippen LogP contribution is -2.14. The van der Waals surface area contributed by atoms with Gasteiger partial charge in [0.2, 0.25) is 0 Å². The molecule has 18 heavy (non-hydrogen) atoms. The maximum atomic E-state index is 13.6. The van der Waals surface area contributed by atoms with E-state index in [-0.39, 0.29) is 5.56 Å². The summed E-state index contributed by atoms with van der Waals surface area (Å²) in [5.41, 5.74) is 7.90. The van der Waals surface area contributed by atoms with Crippen molar-refractivity contribution in [3.63, 3.8) is 0 Å². The van der Waals surface area contributed by atoms with Crippen LogP contribution in [0.3, 0.4) is 0 Å². The van der Waals surface area contributed by atoms with Crippen molar-refractivity contribution in [3.8, 4) is 0 Å². The second kappa shape index (κ2) is 5.16. The fourth-order valence-electron chi connectivity index (χ4n) is 1.88. The van der Waals surface area contributed by atoms with Gasteiger partial charge in [0.1, 0.15) is 11.6 Å². The largest absolute Gasteiger partial charge is 0.320 e. The molecule has 0 radical (unpaired) electrons. The van der Waals surface area contributed by atoms with Crippen molar-refractivity contribution in [2.45, 2.75) is 13.0 Å². The molecule has 0 fully saturated rings. The summed E-state index contributed by atoms with van der Waals surface area (Å²) in [6.07, 6.45) is 0. The van der Waals surface area contributed by atoms with Gasteiger partial charge in [0.15, 0.2) is 0 Å². The van der Waals surface area contributed by atoms with Crippen molar-refractivity contribution in [2.75, 3.05) is 0 Å². The Labute approximate surface area is 113 Å². The molecule has 0 aromatic heterocycles. The van der Waals surface area contributed by atoms with E-state index in [4.69, 9.17) is 5.73 Å². The monoisotopic (exact) mass is 311 g/mol. The fraction of sp³-hybridized carbons (Fsp3) is 0.143. The zero-order valence-corrected chi connectivity index (χ0v) is 11.3. The molecular formula is C14H12BrF2N. The van der Waals surface area contributed by atoms with Crippen molar-refractivity contribution in [2.24, 2.45) is 5.73 Å². The predicted octanol–water partition coefficient (Wildman–Crippen LogP) is 4.08. The molecule has 2 N–H and O–H groups in total. The van der Waals surface area contributed by atoms with Crippen LogP contribution in [-0.4, -0.2) is 0 Å². The van der Waals surface area contributed by atoms with Gasteiger partial charge in [-0.3, -0.25) is 0 Å². The van der Waals surface area contributed by atoms with Gasteiger partial charge in [-0.1, -0.05) is 22.0 Å². The van der Waals surface area contributed by atoms with Gasteiger partial charge in [-0.25, -0.2) is 8.78 Å². The van der Waals surface area contributed by atoms with Crippen LogP contribution in [0, 0.1) is 18.6 Å². The third-order valence-corrected chi connectivity index (χ3v) is 3.17. The fourth-order valence-corrected chi connectivity index (χ4v) is 2.50. The molecule has 2 aromatic rings. The average molecular weight is 312 g/mol. The van der Waals surface area contributed by atoms with E-state index in [0.29, 0.717) is 0 Å². The van der Waals surface area contributed by atoms with E-state index in [0.717, 1.165) is 33.8 Å². The smallest absolute Gasteiger partial charge is 0.128 e. The number of aryl methyl sites for hydroxylation is 1. The summed E-state index contributed by atoms with van der Waals surface area (Å²) in [6, 6.07) is 8.22. The molecule has 0 spiro atoms. The maximum Gasteiger partial charge on any atom is 0.128 e. The summed E-state index contributed by atoms with van der Waals surface area (Å²) in [4.78, 5) is 0. The van der Waals surface area contributed by atoms with Gasteiger partial charge in [-0.05, 0) is 48.4 Å². The third kappa shape index (κ3) is 2.76. The highest BCUT2D eigenvalue weighted by Crippen LogP contribution is 2.26. The van der Waals surface area contributed by atoms with Crippen LogP contribution in [0.15, 0.2) is 40.9 Å². The Bertz CT molecular complexity index is 564. The number of hydrogen-bond acceptors (Lipinski definition) is 1. The number of nitrogens with two attached hydrogens (primary N) is 1. The Morgan fingerprint density at radius 1 is 1.11 bits per heavy atom. The van der Waals surface area contributed by atoms with Crippen LogP contribution in [0.5, 0.6) is 0 Å². The maximum absolute atomic E-state index is 13.6. The Kier molecular flexibility index (Phi) is 3.78. The summed E-state index contributed by atoms with van der Waals surface area (Å²) < 4.78 is 27.7. The molecule has 1 atom stereocenters. The van der Waals surface area contributed by atoms with Gasteiger partial charge < -0.3 is 5.73 Å². The average Bonchev–Trinajstić information content (AvgIpc) is 2.30. The second-order valence-electron chi connectivity index (χ2n) is 4.21. The SMILES string of the molecule is Cc1cc(Br)cc(C(N)c2cc(F)ccc2F)c1. The Morgan fingerprint density at radius 2 is 1.83 bits per heavy atom. The Hall–Kier alpha value is -1.26. The van der Waals surface area contributed by atoms with Crippen LogP contribution in [0.25, 0.3) is 0 Å². The van der Waals surface area contributed by atoms with Crippen molar-refractivity contribution < 1.29 is 8.78 Å². The summed E-state index contributed by atoms with van der Waals surface area (Å²) >= 11 is 3.36. The molecule has 2 aromatic carbocycles. The third-order valence-electron chi connectivity index (χ3n) is 2.72. The van der Waals surface area contributed by atoms with E-state index < -0.39 is 17.7 Å². The first-order valence-corrected chi connectivity index (χ1v) is 6.24. The van der Waals surface area contributed by atoms with Crippen LogP contribution in [-0.2, 0) is 0 Å². The zero-order chi connectivity index (χ0) is 13.3. The number of hydrogen-bond donors (Lipinski definition) is 1. The molecule has 0 bridgehead atoms. The Morgan fingerprint density at radius 3 is 2.50 bits per heavy atom. The van der Waals surface area contributed by atoms with E-state index >= 15 is 0 Å². The minimum atomic E-state index is -0.683. The topological polar surface area (TPSA) is 26.0 Å². The standard InChI is InChI=1S/C14H12BrF2N/c1-8-4-9(6-10(15)5-8)14(18)12-7-11(16)2-3-13(12)17/h2-7,14H,18H2,1H3. The summed E-state index contributed by atoms with van der Waals surface area (Å²) in [7, 11) is 0. The normalized spacial score (nSPS) is 12.5. The molecule has 0 amide bonds. The van der Waals surface area contributed by atoms with Crippen LogP contribution in [0.1, 0.15) is 22.7 Å². The zero-order valence-electron chi connectivity index (χ0n) is 9.75. The predicted molar refractivity (Wildman–Crippen MR) is 71.3 cm³/mol. The molecule has 94 valence electrons. The lowest BCUT2D eigenvalue weighted by Gasteiger charge is -2.14. The first kappa shape index (κ1) is 13.2. The van der Waals surface area contributed by atoms with Crippen molar-refractivity contribution in [3.05, 3.63) is 69.2 Å². The first-order valence-electron chi connectivity index (χ1n) is 5.45. The highest BCUT2D eigenvalue weighted by molar-refractivity contribution is 9.10. The number of benzene rings is 2. The molecule has 0 aliphatic rings. The van der Waals surface area contributed by atoms with Crippen LogP contribution in [0.2, 0.25) is 0 Å². The molecule has 0 saturated carbocycles. The van der Waals surface area contributed by atoms with Crippen LogP contribution < -0.4 is 5.73 Å². The molecule has 1 nitrogen and oxygen atoms in total. The molecule has 0 saturated heterocycles. The highest BCUT2D eigenvalue weighted by Gasteiger charge is 2.15.